The van der Waals surface area contributed by atoms with E-state index in [-0.39, 0.29) is 12.5 Å². The van der Waals surface area contributed by atoms with Crippen molar-refractivity contribution in [2.75, 3.05) is 13.2 Å². The second-order valence-electron chi connectivity index (χ2n) is 4.53. The first-order chi connectivity index (χ1) is 6.87. The number of alkyl halides is 3. The quantitative estimate of drug-likeness (QED) is 0.767. The van der Waals surface area contributed by atoms with Crippen molar-refractivity contribution in [1.82, 2.24) is 5.32 Å². The van der Waals surface area contributed by atoms with E-state index >= 15 is 0 Å². The van der Waals surface area contributed by atoms with Gasteiger partial charge in [0.25, 0.3) is 0 Å². The van der Waals surface area contributed by atoms with Crippen LogP contribution in [0.3, 0.4) is 0 Å². The van der Waals surface area contributed by atoms with Crippen LogP contribution in [0.5, 0.6) is 0 Å². The molecule has 0 aromatic rings. The van der Waals surface area contributed by atoms with Gasteiger partial charge in [0.2, 0.25) is 0 Å². The molecule has 0 aliphatic heterocycles. The van der Waals surface area contributed by atoms with Gasteiger partial charge in [0.05, 0.1) is 13.2 Å². The molecule has 0 amide bonds. The summed E-state index contributed by atoms with van der Waals surface area (Å²) >= 11 is 0. The van der Waals surface area contributed by atoms with Gasteiger partial charge in [-0.1, -0.05) is 12.8 Å². The SMILES string of the molecule is CC(CO)(NCC(F)(F)F)C1CCCC1. The fraction of sp³-hybridized carbons (Fsp3) is 1.00. The fourth-order valence-corrected chi connectivity index (χ4v) is 2.19. The van der Waals surface area contributed by atoms with Gasteiger partial charge in [0.1, 0.15) is 0 Å². The van der Waals surface area contributed by atoms with Crippen molar-refractivity contribution in [1.29, 1.82) is 0 Å². The molecule has 1 fully saturated rings. The van der Waals surface area contributed by atoms with Crippen LogP contribution in [0.15, 0.2) is 0 Å². The Balaban J connectivity index is 2.51. The van der Waals surface area contributed by atoms with E-state index in [1.165, 1.54) is 0 Å². The summed E-state index contributed by atoms with van der Waals surface area (Å²) in [6.45, 7) is 0.406. The monoisotopic (exact) mass is 225 g/mol. The largest absolute Gasteiger partial charge is 0.401 e. The first-order valence-electron chi connectivity index (χ1n) is 5.30. The van der Waals surface area contributed by atoms with Crippen LogP contribution in [0.25, 0.3) is 0 Å². The molecule has 1 atom stereocenters. The van der Waals surface area contributed by atoms with Crippen LogP contribution in [0.4, 0.5) is 13.2 Å². The molecule has 1 saturated carbocycles. The Morgan fingerprint density at radius 3 is 2.20 bits per heavy atom. The Morgan fingerprint density at radius 1 is 1.27 bits per heavy atom. The fourth-order valence-electron chi connectivity index (χ4n) is 2.19. The normalized spacial score (nSPS) is 23.0. The summed E-state index contributed by atoms with van der Waals surface area (Å²) in [4.78, 5) is 0. The predicted octanol–water partition coefficient (Wildman–Crippen LogP) is 2.08. The van der Waals surface area contributed by atoms with Gasteiger partial charge in [0.15, 0.2) is 0 Å². The first-order valence-corrected chi connectivity index (χ1v) is 5.30. The highest BCUT2D eigenvalue weighted by atomic mass is 19.4. The minimum atomic E-state index is -4.21. The van der Waals surface area contributed by atoms with Gasteiger partial charge in [-0.2, -0.15) is 13.2 Å². The van der Waals surface area contributed by atoms with Crippen molar-refractivity contribution >= 4 is 0 Å². The molecule has 90 valence electrons. The Bertz CT molecular complexity index is 201. The van der Waals surface area contributed by atoms with E-state index in [0.717, 1.165) is 25.7 Å². The van der Waals surface area contributed by atoms with Gasteiger partial charge < -0.3 is 10.4 Å². The number of hydrogen-bond acceptors (Lipinski definition) is 2. The van der Waals surface area contributed by atoms with Crippen LogP contribution >= 0.6 is 0 Å². The van der Waals surface area contributed by atoms with E-state index in [9.17, 15) is 18.3 Å². The zero-order valence-electron chi connectivity index (χ0n) is 8.90. The molecule has 1 rings (SSSR count). The highest BCUT2D eigenvalue weighted by molar-refractivity contribution is 4.92. The van der Waals surface area contributed by atoms with Gasteiger partial charge in [0, 0.05) is 5.54 Å². The number of rotatable bonds is 4. The molecule has 5 heteroatoms. The molecule has 2 nitrogen and oxygen atoms in total. The van der Waals surface area contributed by atoms with Crippen LogP contribution in [-0.2, 0) is 0 Å². The van der Waals surface area contributed by atoms with E-state index in [0.29, 0.717) is 0 Å². The van der Waals surface area contributed by atoms with E-state index in [1.54, 1.807) is 6.92 Å². The second kappa shape index (κ2) is 4.70. The molecular weight excluding hydrogens is 207 g/mol. The summed E-state index contributed by atoms with van der Waals surface area (Å²) in [5, 5.41) is 11.7. The average Bonchev–Trinajstić information content (AvgIpc) is 2.66. The maximum Gasteiger partial charge on any atom is 0.401 e. The highest BCUT2D eigenvalue weighted by Crippen LogP contribution is 2.34. The zero-order valence-corrected chi connectivity index (χ0v) is 8.90. The van der Waals surface area contributed by atoms with Gasteiger partial charge in [-0.25, -0.2) is 0 Å². The summed E-state index contributed by atoms with van der Waals surface area (Å²) in [5.74, 6) is 0.157. The van der Waals surface area contributed by atoms with Crippen LogP contribution in [0.1, 0.15) is 32.6 Å². The maximum absolute atomic E-state index is 12.1. The molecule has 0 aromatic carbocycles. The second-order valence-corrected chi connectivity index (χ2v) is 4.53. The molecule has 1 aliphatic rings. The van der Waals surface area contributed by atoms with Crippen LogP contribution < -0.4 is 5.32 Å². The molecule has 1 aliphatic carbocycles. The molecular formula is C10H18F3NO. The summed E-state index contributed by atoms with van der Waals surface area (Å²) in [6.07, 6.45) is -0.305. The molecule has 0 saturated heterocycles. The third-order valence-corrected chi connectivity index (χ3v) is 3.28. The predicted molar refractivity (Wildman–Crippen MR) is 51.5 cm³/mol. The minimum Gasteiger partial charge on any atom is -0.394 e. The summed E-state index contributed by atoms with van der Waals surface area (Å²) in [5.41, 5.74) is -0.786. The average molecular weight is 225 g/mol. The Morgan fingerprint density at radius 2 is 1.80 bits per heavy atom. The number of aliphatic hydroxyl groups excluding tert-OH is 1. The Labute approximate surface area is 87.9 Å². The lowest BCUT2D eigenvalue weighted by atomic mass is 9.85. The van der Waals surface area contributed by atoms with Gasteiger partial charge in [-0.15, -0.1) is 0 Å². The molecule has 0 aromatic heterocycles. The number of halogens is 3. The van der Waals surface area contributed by atoms with Crippen LogP contribution in [-0.4, -0.2) is 30.0 Å². The van der Waals surface area contributed by atoms with Crippen molar-refractivity contribution in [2.24, 2.45) is 5.92 Å². The van der Waals surface area contributed by atoms with Crippen molar-refractivity contribution in [3.63, 3.8) is 0 Å². The lowest BCUT2D eigenvalue weighted by molar-refractivity contribution is -0.131. The van der Waals surface area contributed by atoms with Crippen molar-refractivity contribution < 1.29 is 18.3 Å². The van der Waals surface area contributed by atoms with Crippen LogP contribution in [0, 0.1) is 5.92 Å². The minimum absolute atomic E-state index is 0.157. The molecule has 0 spiro atoms. The summed E-state index contributed by atoms with van der Waals surface area (Å²) in [6, 6.07) is 0. The van der Waals surface area contributed by atoms with Crippen LogP contribution in [0.2, 0.25) is 0 Å². The maximum atomic E-state index is 12.1. The third-order valence-electron chi connectivity index (χ3n) is 3.28. The zero-order chi connectivity index (χ0) is 11.5. The molecule has 0 heterocycles. The lowest BCUT2D eigenvalue weighted by Gasteiger charge is -2.35. The van der Waals surface area contributed by atoms with Gasteiger partial charge in [-0.3, -0.25) is 0 Å². The number of hydrogen-bond donors (Lipinski definition) is 2. The molecule has 2 N–H and O–H groups in total. The van der Waals surface area contributed by atoms with Gasteiger partial charge >= 0.3 is 6.18 Å². The standard InChI is InChI=1S/C10H18F3NO/c1-9(7-15,8-4-2-3-5-8)14-6-10(11,12)13/h8,14-15H,2-7H2,1H3. The van der Waals surface area contributed by atoms with E-state index in [2.05, 4.69) is 5.32 Å². The van der Waals surface area contributed by atoms with E-state index in [4.69, 9.17) is 0 Å². The van der Waals surface area contributed by atoms with Crippen molar-refractivity contribution in [3.8, 4) is 0 Å². The summed E-state index contributed by atoms with van der Waals surface area (Å²) < 4.78 is 36.2. The Kier molecular flexibility index (Phi) is 4.00. The van der Waals surface area contributed by atoms with Crippen molar-refractivity contribution in [3.05, 3.63) is 0 Å². The smallest absolute Gasteiger partial charge is 0.394 e. The molecule has 0 radical (unpaired) electrons. The molecule has 15 heavy (non-hydrogen) atoms. The summed E-state index contributed by atoms with van der Waals surface area (Å²) in [7, 11) is 0. The molecule has 1 unspecified atom stereocenters. The molecule has 0 bridgehead atoms. The van der Waals surface area contributed by atoms with E-state index < -0.39 is 18.3 Å². The van der Waals surface area contributed by atoms with Crippen molar-refractivity contribution in [2.45, 2.75) is 44.3 Å². The number of nitrogens with one attached hydrogen (secondary N) is 1. The number of aliphatic hydroxyl groups is 1. The highest BCUT2D eigenvalue weighted by Gasteiger charge is 2.38. The lowest BCUT2D eigenvalue weighted by Crippen LogP contribution is -2.53. The topological polar surface area (TPSA) is 32.3 Å². The van der Waals surface area contributed by atoms with Gasteiger partial charge in [-0.05, 0) is 25.7 Å². The third kappa shape index (κ3) is 3.65. The van der Waals surface area contributed by atoms with E-state index in [1.807, 2.05) is 0 Å². The first kappa shape index (κ1) is 12.8. The Hall–Kier alpha value is -0.290.